The number of hydrogen-bond acceptors (Lipinski definition) is 4. The van der Waals surface area contributed by atoms with Gasteiger partial charge in [-0.25, -0.2) is 4.98 Å². The number of aromatic amines is 1. The van der Waals surface area contributed by atoms with Gasteiger partial charge in [-0.2, -0.15) is 0 Å². The molecule has 1 fully saturated rings. The molecular formula is C34H32N2O4. The number of hydrogen-bond donors (Lipinski definition) is 0. The molecule has 4 aromatic rings. The van der Waals surface area contributed by atoms with E-state index in [0.717, 1.165) is 27.8 Å². The Morgan fingerprint density at radius 1 is 0.925 bits per heavy atom. The predicted molar refractivity (Wildman–Crippen MR) is 151 cm³/mol. The fourth-order valence-electron chi connectivity index (χ4n) is 4.99. The van der Waals surface area contributed by atoms with Crippen LogP contribution in [0, 0.1) is 6.92 Å². The maximum absolute atomic E-state index is 13.8. The Morgan fingerprint density at radius 3 is 2.27 bits per heavy atom. The van der Waals surface area contributed by atoms with Crippen LogP contribution in [-0.2, 0) is 22.7 Å². The largest absolute Gasteiger partial charge is 0.872 e. The van der Waals surface area contributed by atoms with Crippen LogP contribution < -0.4 is 14.8 Å². The molecule has 2 heterocycles. The summed E-state index contributed by atoms with van der Waals surface area (Å²) in [5.74, 6) is -0.947. The van der Waals surface area contributed by atoms with Gasteiger partial charge < -0.3 is 14.7 Å². The summed E-state index contributed by atoms with van der Waals surface area (Å²) in [5.41, 5.74) is 5.23. The van der Waals surface area contributed by atoms with E-state index in [1.54, 1.807) is 36.7 Å². The number of carbonyl (C=O) groups excluding carboxylic acids is 2. The van der Waals surface area contributed by atoms with Crippen molar-refractivity contribution in [3.05, 3.63) is 136 Å². The second-order valence-electron chi connectivity index (χ2n) is 10.4. The molecule has 1 atom stereocenters. The molecule has 1 aliphatic rings. The molecule has 0 radical (unpaired) electrons. The monoisotopic (exact) mass is 532 g/mol. The van der Waals surface area contributed by atoms with E-state index in [2.05, 4.69) is 24.9 Å². The zero-order valence-electron chi connectivity index (χ0n) is 22.9. The van der Waals surface area contributed by atoms with Crippen LogP contribution in [0.5, 0.6) is 5.75 Å². The molecule has 40 heavy (non-hydrogen) atoms. The molecule has 1 amide bonds. The van der Waals surface area contributed by atoms with Gasteiger partial charge in [-0.1, -0.05) is 85.8 Å². The Labute approximate surface area is 234 Å². The quantitative estimate of drug-likeness (QED) is 0.183. The maximum atomic E-state index is 13.8. The fraction of sp³-hybridized carbons (Fsp3) is 0.206. The van der Waals surface area contributed by atoms with Gasteiger partial charge in [-0.3, -0.25) is 9.59 Å². The van der Waals surface area contributed by atoms with Crippen LogP contribution in [0.3, 0.4) is 0 Å². The molecule has 1 saturated heterocycles. The summed E-state index contributed by atoms with van der Waals surface area (Å²) in [6, 6.07) is 25.5. The molecule has 0 saturated carbocycles. The van der Waals surface area contributed by atoms with Gasteiger partial charge in [0, 0.05) is 24.3 Å². The van der Waals surface area contributed by atoms with E-state index >= 15 is 0 Å². The molecule has 0 bridgehead atoms. The first kappa shape index (κ1) is 26.9. The van der Waals surface area contributed by atoms with Crippen molar-refractivity contribution in [2.45, 2.75) is 45.9 Å². The Bertz CT molecular complexity index is 1540. The van der Waals surface area contributed by atoms with Crippen molar-refractivity contribution in [2.24, 2.45) is 0 Å². The van der Waals surface area contributed by atoms with Gasteiger partial charge in [0.15, 0.2) is 12.4 Å². The fourth-order valence-corrected chi connectivity index (χ4v) is 4.99. The first-order valence-corrected chi connectivity index (χ1v) is 13.4. The third kappa shape index (κ3) is 5.66. The maximum Gasteiger partial charge on any atom is 0.295 e. The van der Waals surface area contributed by atoms with E-state index in [0.29, 0.717) is 23.8 Å². The van der Waals surface area contributed by atoms with Crippen LogP contribution in [0.25, 0.3) is 5.76 Å². The highest BCUT2D eigenvalue weighted by atomic mass is 16.5. The number of amides is 1. The minimum Gasteiger partial charge on any atom is -0.872 e. The average molecular weight is 533 g/mol. The highest BCUT2D eigenvalue weighted by molar-refractivity contribution is 6.46. The van der Waals surface area contributed by atoms with Gasteiger partial charge in [-0.05, 0) is 52.8 Å². The van der Waals surface area contributed by atoms with Crippen LogP contribution in [0.2, 0.25) is 0 Å². The van der Waals surface area contributed by atoms with E-state index in [9.17, 15) is 14.7 Å². The van der Waals surface area contributed by atoms with Crippen molar-refractivity contribution in [3.63, 3.8) is 0 Å². The number of carbonyl (C=O) groups is 2. The summed E-state index contributed by atoms with van der Waals surface area (Å²) >= 11 is 0. The Balaban J connectivity index is 1.48. The number of benzene rings is 3. The summed E-state index contributed by atoms with van der Waals surface area (Å²) in [5, 5.41) is 13.8. The number of aromatic nitrogens is 1. The predicted octanol–water partition coefficient (Wildman–Crippen LogP) is 4.94. The summed E-state index contributed by atoms with van der Waals surface area (Å²) in [6.45, 7) is 6.85. The second kappa shape index (κ2) is 11.6. The number of nitrogens with zero attached hydrogens (tertiary/aromatic N) is 1. The minimum atomic E-state index is -0.782. The number of rotatable bonds is 8. The molecule has 3 aromatic carbocycles. The lowest BCUT2D eigenvalue weighted by Gasteiger charge is -2.28. The normalized spacial score (nSPS) is 16.5. The van der Waals surface area contributed by atoms with Crippen molar-refractivity contribution in [1.82, 2.24) is 4.90 Å². The zero-order chi connectivity index (χ0) is 28.2. The Morgan fingerprint density at radius 2 is 1.62 bits per heavy atom. The molecule has 6 heteroatoms. The highest BCUT2D eigenvalue weighted by Gasteiger charge is 2.44. The standard InChI is InChI=1S/C34H32N2O4/c1-22(2)26-7-9-27(10-8-26)31-30(33(38)34(39)36(31)20-24-15-17-35-18-16-24)32(37)28-11-13-29(14-12-28)40-21-25-6-4-5-23(3)19-25/h4-19,22,31,37H,20-21H2,1-3H3. The summed E-state index contributed by atoms with van der Waals surface area (Å²) < 4.78 is 5.90. The van der Waals surface area contributed by atoms with Crippen molar-refractivity contribution in [3.8, 4) is 5.75 Å². The van der Waals surface area contributed by atoms with E-state index in [1.807, 2.05) is 61.5 Å². The SMILES string of the molecule is Cc1cccc(COc2ccc(C([O-])=C3C(=O)C(=O)N(Cc4cc[nH+]cc4)C3c3ccc(C(C)C)cc3)cc2)c1. The lowest BCUT2D eigenvalue weighted by Crippen LogP contribution is -2.29. The van der Waals surface area contributed by atoms with E-state index in [-0.39, 0.29) is 12.1 Å². The van der Waals surface area contributed by atoms with Gasteiger partial charge in [0.1, 0.15) is 12.4 Å². The molecule has 6 nitrogen and oxygen atoms in total. The van der Waals surface area contributed by atoms with Gasteiger partial charge in [0.25, 0.3) is 5.91 Å². The first-order chi connectivity index (χ1) is 19.3. The average Bonchev–Trinajstić information content (AvgIpc) is 3.21. The summed E-state index contributed by atoms with van der Waals surface area (Å²) in [6.07, 6.45) is 3.53. The first-order valence-electron chi connectivity index (χ1n) is 13.4. The smallest absolute Gasteiger partial charge is 0.295 e. The van der Waals surface area contributed by atoms with Crippen molar-refractivity contribution < 1.29 is 24.4 Å². The molecule has 1 aromatic heterocycles. The van der Waals surface area contributed by atoms with Crippen LogP contribution in [0.4, 0.5) is 0 Å². The van der Waals surface area contributed by atoms with E-state index in [1.165, 1.54) is 4.90 Å². The molecule has 1 unspecified atom stereocenters. The summed E-state index contributed by atoms with van der Waals surface area (Å²) in [7, 11) is 0. The van der Waals surface area contributed by atoms with E-state index in [4.69, 9.17) is 4.74 Å². The molecule has 1 aliphatic heterocycles. The lowest BCUT2D eigenvalue weighted by atomic mass is 9.93. The van der Waals surface area contributed by atoms with Crippen molar-refractivity contribution in [1.29, 1.82) is 0 Å². The van der Waals surface area contributed by atoms with Crippen LogP contribution in [0.1, 0.15) is 59.2 Å². The second-order valence-corrected chi connectivity index (χ2v) is 10.4. The number of nitrogens with one attached hydrogen (secondary N) is 1. The molecule has 1 N–H and O–H groups in total. The van der Waals surface area contributed by atoms with Crippen LogP contribution in [-0.4, -0.2) is 16.6 Å². The minimum absolute atomic E-state index is 0.0294. The lowest BCUT2D eigenvalue weighted by molar-refractivity contribution is -0.378. The molecule has 5 rings (SSSR count). The highest BCUT2D eigenvalue weighted by Crippen LogP contribution is 2.40. The topological polar surface area (TPSA) is 83.8 Å². The van der Waals surface area contributed by atoms with Gasteiger partial charge in [-0.15, -0.1) is 0 Å². The van der Waals surface area contributed by atoms with E-state index < -0.39 is 23.5 Å². The van der Waals surface area contributed by atoms with Crippen molar-refractivity contribution in [2.75, 3.05) is 0 Å². The molecule has 202 valence electrons. The third-order valence-electron chi connectivity index (χ3n) is 7.19. The third-order valence-corrected chi connectivity index (χ3v) is 7.19. The molecule has 0 aliphatic carbocycles. The number of ether oxygens (including phenoxy) is 1. The number of likely N-dealkylation sites (tertiary alicyclic amines) is 1. The molecule has 0 spiro atoms. The number of ketones is 1. The summed E-state index contributed by atoms with van der Waals surface area (Å²) in [4.78, 5) is 31.1. The number of Topliss-reactive ketones (excluding diaryl/α,β-unsaturated/α-hetero) is 1. The number of pyridine rings is 1. The zero-order valence-corrected chi connectivity index (χ0v) is 22.9. The number of aryl methyl sites for hydroxylation is 1. The van der Waals surface area contributed by atoms with Gasteiger partial charge in [0.05, 0.1) is 6.04 Å². The van der Waals surface area contributed by atoms with Crippen LogP contribution >= 0.6 is 0 Å². The van der Waals surface area contributed by atoms with Gasteiger partial charge in [0.2, 0.25) is 5.78 Å². The Hall–Kier alpha value is -4.71. The van der Waals surface area contributed by atoms with Crippen molar-refractivity contribution >= 4 is 17.4 Å². The number of H-pyrrole nitrogens is 1. The van der Waals surface area contributed by atoms with Gasteiger partial charge >= 0.3 is 0 Å². The van der Waals surface area contributed by atoms with Crippen LogP contribution in [0.15, 0.2) is 103 Å². The Kier molecular flexibility index (Phi) is 7.78. The molecular weight excluding hydrogens is 500 g/mol.